The van der Waals surface area contributed by atoms with Gasteiger partial charge in [0.25, 0.3) is 0 Å². The summed E-state index contributed by atoms with van der Waals surface area (Å²) in [6.07, 6.45) is 1.58. The third-order valence-electron chi connectivity index (χ3n) is 3.32. The minimum Gasteiger partial charge on any atom is -0.352 e. The molecule has 21 heavy (non-hydrogen) atoms. The number of aryl methyl sites for hydroxylation is 1. The zero-order valence-electron chi connectivity index (χ0n) is 12.0. The molecule has 0 aliphatic rings. The van der Waals surface area contributed by atoms with Crippen LogP contribution in [0.5, 0.6) is 0 Å². The van der Waals surface area contributed by atoms with E-state index in [2.05, 4.69) is 0 Å². The van der Waals surface area contributed by atoms with Gasteiger partial charge in [-0.15, -0.1) is 0 Å². The van der Waals surface area contributed by atoms with Gasteiger partial charge in [0.2, 0.25) is 10.0 Å². The second-order valence-corrected chi connectivity index (χ2v) is 7.35. The highest BCUT2D eigenvalue weighted by Crippen LogP contribution is 2.19. The molecule has 2 aromatic rings. The first-order valence-corrected chi connectivity index (χ1v) is 8.22. The second kappa shape index (κ2) is 6.19. The molecule has 0 fully saturated rings. The van der Waals surface area contributed by atoms with Gasteiger partial charge in [-0.25, -0.2) is 8.42 Å². The Balaban J connectivity index is 2.23. The lowest BCUT2D eigenvalue weighted by molar-refractivity contribution is 0.466. The average molecular weight is 328 g/mol. The highest BCUT2D eigenvalue weighted by atomic mass is 35.5. The van der Waals surface area contributed by atoms with Crippen LogP contribution in [0.25, 0.3) is 0 Å². The van der Waals surface area contributed by atoms with E-state index in [4.69, 9.17) is 17.3 Å². The van der Waals surface area contributed by atoms with E-state index >= 15 is 0 Å². The molecule has 0 saturated heterocycles. The van der Waals surface area contributed by atoms with Crippen molar-refractivity contribution in [2.24, 2.45) is 12.8 Å². The van der Waals surface area contributed by atoms with Crippen molar-refractivity contribution in [3.05, 3.63) is 52.8 Å². The first-order chi connectivity index (χ1) is 9.84. The fourth-order valence-electron chi connectivity index (χ4n) is 2.03. The van der Waals surface area contributed by atoms with E-state index in [0.29, 0.717) is 11.6 Å². The molecular formula is C14H18ClN3O2S. The molecule has 0 saturated carbocycles. The van der Waals surface area contributed by atoms with E-state index < -0.39 is 10.0 Å². The maximum Gasteiger partial charge on any atom is 0.244 e. The molecule has 0 bridgehead atoms. The lowest BCUT2D eigenvalue weighted by atomic mass is 10.2. The molecule has 1 heterocycles. The molecule has 0 unspecified atom stereocenters. The summed E-state index contributed by atoms with van der Waals surface area (Å²) >= 11 is 5.82. The third-order valence-corrected chi connectivity index (χ3v) is 5.34. The van der Waals surface area contributed by atoms with Crippen LogP contribution in [0, 0.1) is 0 Å². The number of nitrogens with two attached hydrogens (primary N) is 1. The highest BCUT2D eigenvalue weighted by molar-refractivity contribution is 7.89. The Bertz CT molecular complexity index is 723. The number of halogens is 1. The Labute approximate surface area is 130 Å². The average Bonchev–Trinajstić information content (AvgIpc) is 2.83. The van der Waals surface area contributed by atoms with Crippen LogP contribution in [0.1, 0.15) is 11.3 Å². The van der Waals surface area contributed by atoms with Crippen molar-refractivity contribution in [1.29, 1.82) is 0 Å². The lowest BCUT2D eigenvalue weighted by Gasteiger charge is -2.16. The minimum atomic E-state index is -3.54. The predicted octanol–water partition coefficient (Wildman–Crippen LogP) is 1.96. The van der Waals surface area contributed by atoms with Crippen LogP contribution >= 0.6 is 11.6 Å². The molecule has 2 N–H and O–H groups in total. The highest BCUT2D eigenvalue weighted by Gasteiger charge is 2.23. The largest absolute Gasteiger partial charge is 0.352 e. The van der Waals surface area contributed by atoms with E-state index in [9.17, 15) is 8.42 Å². The number of nitrogens with zero attached hydrogens (tertiary/aromatic N) is 2. The van der Waals surface area contributed by atoms with Gasteiger partial charge >= 0.3 is 0 Å². The van der Waals surface area contributed by atoms with Gasteiger partial charge in [0.1, 0.15) is 4.90 Å². The van der Waals surface area contributed by atoms with Crippen molar-refractivity contribution < 1.29 is 8.42 Å². The van der Waals surface area contributed by atoms with Crippen LogP contribution in [-0.4, -0.2) is 24.3 Å². The predicted molar refractivity (Wildman–Crippen MR) is 83.4 cm³/mol. The molecular weight excluding hydrogens is 310 g/mol. The van der Waals surface area contributed by atoms with Crippen molar-refractivity contribution in [2.45, 2.75) is 18.0 Å². The van der Waals surface area contributed by atoms with Crippen LogP contribution in [0.2, 0.25) is 5.02 Å². The van der Waals surface area contributed by atoms with Crippen LogP contribution in [0.15, 0.2) is 41.4 Å². The van der Waals surface area contributed by atoms with Gasteiger partial charge in [0.15, 0.2) is 0 Å². The summed E-state index contributed by atoms with van der Waals surface area (Å²) in [5, 5.41) is 0.625. The zero-order chi connectivity index (χ0) is 15.6. The van der Waals surface area contributed by atoms with Gasteiger partial charge in [0.05, 0.1) is 0 Å². The number of rotatable bonds is 5. The molecule has 2 rings (SSSR count). The molecule has 0 amide bonds. The molecule has 1 aromatic carbocycles. The smallest absolute Gasteiger partial charge is 0.244 e. The van der Waals surface area contributed by atoms with Gasteiger partial charge in [-0.3, -0.25) is 0 Å². The van der Waals surface area contributed by atoms with Crippen molar-refractivity contribution in [3.63, 3.8) is 0 Å². The fraction of sp³-hybridized carbons (Fsp3) is 0.286. The van der Waals surface area contributed by atoms with E-state index in [0.717, 1.165) is 11.3 Å². The summed E-state index contributed by atoms with van der Waals surface area (Å²) in [6, 6.07) is 8.71. The summed E-state index contributed by atoms with van der Waals surface area (Å²) < 4.78 is 28.1. The maximum absolute atomic E-state index is 12.5. The Kier molecular flexibility index (Phi) is 4.73. The number of benzene rings is 1. The zero-order valence-corrected chi connectivity index (χ0v) is 13.5. The topological polar surface area (TPSA) is 68.3 Å². The van der Waals surface area contributed by atoms with Gasteiger partial charge < -0.3 is 10.3 Å². The van der Waals surface area contributed by atoms with Gasteiger partial charge in [0, 0.05) is 44.1 Å². The van der Waals surface area contributed by atoms with Crippen LogP contribution in [-0.2, 0) is 30.2 Å². The van der Waals surface area contributed by atoms with E-state index in [-0.39, 0.29) is 11.4 Å². The summed E-state index contributed by atoms with van der Waals surface area (Å²) in [5.74, 6) is 0. The van der Waals surface area contributed by atoms with Gasteiger partial charge in [-0.2, -0.15) is 4.31 Å². The molecule has 1 aromatic heterocycles. The van der Waals surface area contributed by atoms with Crippen LogP contribution < -0.4 is 5.73 Å². The van der Waals surface area contributed by atoms with Crippen LogP contribution in [0.4, 0.5) is 0 Å². The first-order valence-electron chi connectivity index (χ1n) is 6.40. The normalized spacial score (nSPS) is 12.0. The molecule has 7 heteroatoms. The number of hydrogen-bond acceptors (Lipinski definition) is 3. The quantitative estimate of drug-likeness (QED) is 0.912. The minimum absolute atomic E-state index is 0.252. The van der Waals surface area contributed by atoms with E-state index in [1.165, 1.54) is 4.31 Å². The van der Waals surface area contributed by atoms with Gasteiger partial charge in [-0.1, -0.05) is 23.7 Å². The molecule has 0 atom stereocenters. The lowest BCUT2D eigenvalue weighted by Crippen LogP contribution is -2.26. The molecule has 5 nitrogen and oxygen atoms in total. The Morgan fingerprint density at radius 3 is 2.43 bits per heavy atom. The maximum atomic E-state index is 12.5. The summed E-state index contributed by atoms with van der Waals surface area (Å²) in [7, 11) is -0.202. The molecule has 0 spiro atoms. The second-order valence-electron chi connectivity index (χ2n) is 4.87. The van der Waals surface area contributed by atoms with Gasteiger partial charge in [-0.05, 0) is 23.8 Å². The van der Waals surface area contributed by atoms with Crippen molar-refractivity contribution in [2.75, 3.05) is 7.05 Å². The SMILES string of the molecule is CN(Cc1ccc(Cl)cc1)S(=O)(=O)c1cc(CN)n(C)c1. The van der Waals surface area contributed by atoms with E-state index in [1.807, 2.05) is 12.1 Å². The summed E-state index contributed by atoms with van der Waals surface area (Å²) in [5.41, 5.74) is 7.23. The Morgan fingerprint density at radius 2 is 1.90 bits per heavy atom. The van der Waals surface area contributed by atoms with E-state index in [1.54, 1.807) is 43.1 Å². The fourth-order valence-corrected chi connectivity index (χ4v) is 3.41. The van der Waals surface area contributed by atoms with Crippen molar-refractivity contribution >= 4 is 21.6 Å². The standard InChI is InChI=1S/C14H18ClN3O2S/c1-17-10-14(7-13(17)8-16)21(19,20)18(2)9-11-3-5-12(15)6-4-11/h3-7,10H,8-9,16H2,1-2H3. The Hall–Kier alpha value is -1.34. The van der Waals surface area contributed by atoms with Crippen molar-refractivity contribution in [1.82, 2.24) is 8.87 Å². The summed E-state index contributed by atoms with van der Waals surface area (Å²) in [6.45, 7) is 0.583. The third kappa shape index (κ3) is 3.47. The molecule has 0 aliphatic heterocycles. The van der Waals surface area contributed by atoms with Crippen molar-refractivity contribution in [3.8, 4) is 0 Å². The monoisotopic (exact) mass is 327 g/mol. The number of aromatic nitrogens is 1. The Morgan fingerprint density at radius 1 is 1.29 bits per heavy atom. The first kappa shape index (κ1) is 16.0. The van der Waals surface area contributed by atoms with Crippen LogP contribution in [0.3, 0.4) is 0 Å². The molecule has 0 radical (unpaired) electrons. The molecule has 114 valence electrons. The molecule has 0 aliphatic carbocycles. The summed E-state index contributed by atoms with van der Waals surface area (Å²) in [4.78, 5) is 0.252. The number of hydrogen-bond donors (Lipinski definition) is 1. The number of sulfonamides is 1.